The molecule has 0 atom stereocenters. The molecule has 2 aliphatic heterocycles. The van der Waals surface area contributed by atoms with Gasteiger partial charge in [0.2, 0.25) is 0 Å². The van der Waals surface area contributed by atoms with E-state index in [4.69, 9.17) is 0 Å². The normalized spacial score (nSPS) is 18.1. The van der Waals surface area contributed by atoms with Gasteiger partial charge in [-0.25, -0.2) is 9.69 Å². The molecule has 1 fully saturated rings. The zero-order chi connectivity index (χ0) is 19.3. The fourth-order valence-corrected chi connectivity index (χ4v) is 3.32. The van der Waals surface area contributed by atoms with Gasteiger partial charge in [-0.1, -0.05) is 24.3 Å². The first-order chi connectivity index (χ1) is 12.8. The third-order valence-electron chi connectivity index (χ3n) is 4.77. The van der Waals surface area contributed by atoms with Crippen LogP contribution in [0, 0.1) is 0 Å². The maximum Gasteiger partial charge on any atom is 0.325 e. The van der Waals surface area contributed by atoms with E-state index >= 15 is 0 Å². The van der Waals surface area contributed by atoms with Gasteiger partial charge in [0.25, 0.3) is 17.7 Å². The molecule has 2 aromatic carbocycles. The van der Waals surface area contributed by atoms with Crippen molar-refractivity contribution in [2.75, 3.05) is 4.90 Å². The molecule has 1 N–H and O–H groups in total. The van der Waals surface area contributed by atoms with E-state index in [-0.39, 0.29) is 24.3 Å². The van der Waals surface area contributed by atoms with Crippen LogP contribution in [0.3, 0.4) is 0 Å². The molecule has 0 aliphatic carbocycles. The summed E-state index contributed by atoms with van der Waals surface area (Å²) >= 11 is 0. The Labute approximate surface area is 155 Å². The number of urea groups is 1. The molecule has 0 saturated carbocycles. The molecule has 2 aliphatic rings. The minimum Gasteiger partial charge on any atom is -0.324 e. The maximum atomic E-state index is 12.5. The van der Waals surface area contributed by atoms with Gasteiger partial charge in [-0.2, -0.15) is 0 Å². The molecule has 27 heavy (non-hydrogen) atoms. The average molecular weight is 363 g/mol. The molecule has 0 unspecified atom stereocenters. The van der Waals surface area contributed by atoms with Crippen molar-refractivity contribution in [3.05, 3.63) is 65.2 Å². The molecule has 2 aromatic rings. The highest BCUT2D eigenvalue weighted by molar-refractivity contribution is 6.34. The van der Waals surface area contributed by atoms with Crippen LogP contribution in [-0.2, 0) is 11.3 Å². The first-order valence-electron chi connectivity index (χ1n) is 8.50. The third-order valence-corrected chi connectivity index (χ3v) is 4.77. The lowest BCUT2D eigenvalue weighted by Crippen LogP contribution is -2.40. The number of carbonyl (C=O) groups is 4. The summed E-state index contributed by atoms with van der Waals surface area (Å²) in [5, 5.41) is 2.63. The van der Waals surface area contributed by atoms with Gasteiger partial charge in [-0.3, -0.25) is 19.3 Å². The second kappa shape index (κ2) is 5.77. The zero-order valence-electron chi connectivity index (χ0n) is 14.9. The monoisotopic (exact) mass is 363 g/mol. The first kappa shape index (κ1) is 17.0. The molecule has 5 amide bonds. The summed E-state index contributed by atoms with van der Waals surface area (Å²) in [4.78, 5) is 51.6. The van der Waals surface area contributed by atoms with Gasteiger partial charge >= 0.3 is 6.03 Å². The predicted octanol–water partition coefficient (Wildman–Crippen LogP) is 2.32. The standard InChI is InChI=1S/C20H17N3O4/c1-20(2)18(26)22(19(27)21-20)11-12-7-9-13(10-8-12)23-16(24)14-5-3-4-6-15(14)17(23)25/h3-10H,11H2,1-2H3,(H,21,27). The molecule has 4 rings (SSSR count). The van der Waals surface area contributed by atoms with E-state index in [9.17, 15) is 19.2 Å². The minimum absolute atomic E-state index is 0.122. The number of imide groups is 2. The van der Waals surface area contributed by atoms with Gasteiger partial charge in [0, 0.05) is 0 Å². The Kier molecular flexibility index (Phi) is 3.62. The lowest BCUT2D eigenvalue weighted by atomic mass is 10.1. The Bertz CT molecular complexity index is 960. The minimum atomic E-state index is -0.919. The van der Waals surface area contributed by atoms with E-state index in [0.29, 0.717) is 16.8 Å². The molecule has 0 bridgehead atoms. The second-order valence-corrected chi connectivity index (χ2v) is 7.10. The van der Waals surface area contributed by atoms with Crippen LogP contribution in [0.25, 0.3) is 0 Å². The summed E-state index contributed by atoms with van der Waals surface area (Å²) in [5.41, 5.74) is 1.01. The van der Waals surface area contributed by atoms with Crippen LogP contribution >= 0.6 is 0 Å². The van der Waals surface area contributed by atoms with Crippen LogP contribution < -0.4 is 10.2 Å². The van der Waals surface area contributed by atoms with Crippen molar-refractivity contribution >= 4 is 29.4 Å². The van der Waals surface area contributed by atoms with Crippen molar-refractivity contribution in [2.24, 2.45) is 0 Å². The number of carbonyl (C=O) groups excluding carboxylic acids is 4. The number of nitrogens with one attached hydrogen (secondary N) is 1. The quantitative estimate of drug-likeness (QED) is 0.670. The topological polar surface area (TPSA) is 86.8 Å². The number of fused-ring (bicyclic) bond motifs is 1. The van der Waals surface area contributed by atoms with Crippen LogP contribution in [0.15, 0.2) is 48.5 Å². The molecule has 1 saturated heterocycles. The molecule has 7 heteroatoms. The van der Waals surface area contributed by atoms with E-state index in [1.165, 1.54) is 0 Å². The number of benzene rings is 2. The second-order valence-electron chi connectivity index (χ2n) is 7.10. The summed E-state index contributed by atoms with van der Waals surface area (Å²) in [6, 6.07) is 12.9. The first-order valence-corrected chi connectivity index (χ1v) is 8.50. The number of hydrogen-bond donors (Lipinski definition) is 1. The fourth-order valence-electron chi connectivity index (χ4n) is 3.32. The summed E-state index contributed by atoms with van der Waals surface area (Å²) < 4.78 is 0. The summed E-state index contributed by atoms with van der Waals surface area (Å²) in [7, 11) is 0. The number of nitrogens with zero attached hydrogens (tertiary/aromatic N) is 2. The van der Waals surface area contributed by atoms with Crippen molar-refractivity contribution in [1.82, 2.24) is 10.2 Å². The van der Waals surface area contributed by atoms with Gasteiger partial charge in [0.1, 0.15) is 5.54 Å². The molecular weight excluding hydrogens is 346 g/mol. The molecular formula is C20H17N3O4. The van der Waals surface area contributed by atoms with Gasteiger partial charge in [-0.15, -0.1) is 0 Å². The SMILES string of the molecule is CC1(C)NC(=O)N(Cc2ccc(N3C(=O)c4ccccc4C3=O)cc2)C1=O. The highest BCUT2D eigenvalue weighted by Crippen LogP contribution is 2.29. The van der Waals surface area contributed by atoms with Crippen LogP contribution in [0.2, 0.25) is 0 Å². The van der Waals surface area contributed by atoms with Gasteiger partial charge < -0.3 is 5.32 Å². The summed E-state index contributed by atoms with van der Waals surface area (Å²) in [5.74, 6) is -1.02. The van der Waals surface area contributed by atoms with Gasteiger partial charge in [0.05, 0.1) is 23.4 Å². The van der Waals surface area contributed by atoms with E-state index in [2.05, 4.69) is 5.32 Å². The number of amides is 5. The van der Waals surface area contributed by atoms with Gasteiger partial charge in [-0.05, 0) is 43.7 Å². The smallest absolute Gasteiger partial charge is 0.324 e. The highest BCUT2D eigenvalue weighted by atomic mass is 16.2. The lowest BCUT2D eigenvalue weighted by molar-refractivity contribution is -0.130. The van der Waals surface area contributed by atoms with Crippen LogP contribution in [0.5, 0.6) is 0 Å². The third kappa shape index (κ3) is 2.59. The van der Waals surface area contributed by atoms with Crippen molar-refractivity contribution < 1.29 is 19.2 Å². The zero-order valence-corrected chi connectivity index (χ0v) is 14.9. The van der Waals surface area contributed by atoms with Crippen molar-refractivity contribution in [1.29, 1.82) is 0 Å². The van der Waals surface area contributed by atoms with E-state index in [1.807, 2.05) is 0 Å². The fraction of sp³-hybridized carbons (Fsp3) is 0.200. The maximum absolute atomic E-state index is 12.5. The summed E-state index contributed by atoms with van der Waals surface area (Å²) in [6.07, 6.45) is 0. The average Bonchev–Trinajstić information content (AvgIpc) is 3.01. The summed E-state index contributed by atoms with van der Waals surface area (Å²) in [6.45, 7) is 3.42. The predicted molar refractivity (Wildman–Crippen MR) is 97.2 cm³/mol. The van der Waals surface area contributed by atoms with E-state index in [0.717, 1.165) is 15.4 Å². The Hall–Kier alpha value is -3.48. The number of anilines is 1. The molecule has 0 radical (unpaired) electrons. The molecule has 2 heterocycles. The Balaban J connectivity index is 1.56. The molecule has 136 valence electrons. The van der Waals surface area contributed by atoms with Gasteiger partial charge in [0.15, 0.2) is 0 Å². The Morgan fingerprint density at radius 3 is 1.89 bits per heavy atom. The van der Waals surface area contributed by atoms with Crippen molar-refractivity contribution in [2.45, 2.75) is 25.9 Å². The molecule has 0 aromatic heterocycles. The van der Waals surface area contributed by atoms with Crippen molar-refractivity contribution in [3.63, 3.8) is 0 Å². The van der Waals surface area contributed by atoms with Crippen molar-refractivity contribution in [3.8, 4) is 0 Å². The van der Waals surface area contributed by atoms with E-state index in [1.54, 1.807) is 62.4 Å². The number of hydrogen-bond acceptors (Lipinski definition) is 4. The number of rotatable bonds is 3. The lowest BCUT2D eigenvalue weighted by Gasteiger charge is -2.17. The largest absolute Gasteiger partial charge is 0.325 e. The molecule has 0 spiro atoms. The van der Waals surface area contributed by atoms with Crippen LogP contribution in [-0.4, -0.2) is 34.2 Å². The molecule has 7 nitrogen and oxygen atoms in total. The highest BCUT2D eigenvalue weighted by Gasteiger charge is 2.44. The van der Waals surface area contributed by atoms with E-state index < -0.39 is 11.6 Å². The van der Waals surface area contributed by atoms with Crippen LogP contribution in [0.1, 0.15) is 40.1 Å². The Morgan fingerprint density at radius 1 is 0.852 bits per heavy atom. The Morgan fingerprint density at radius 2 is 1.41 bits per heavy atom. The van der Waals surface area contributed by atoms with Crippen LogP contribution in [0.4, 0.5) is 10.5 Å².